The van der Waals surface area contributed by atoms with Crippen LogP contribution >= 0.6 is 0 Å². The normalized spacial score (nSPS) is 16.1. The Labute approximate surface area is 105 Å². The zero-order chi connectivity index (χ0) is 13.1. The number of carbonyl (C=O) groups is 2. The Balaban J connectivity index is 1.98. The molecule has 5 heteroatoms. The van der Waals surface area contributed by atoms with Gasteiger partial charge in [0.05, 0.1) is 0 Å². The number of carboxylic acids is 1. The third-order valence-corrected chi connectivity index (χ3v) is 2.96. The van der Waals surface area contributed by atoms with Crippen LogP contribution in [0, 0.1) is 5.92 Å². The Morgan fingerprint density at radius 2 is 2.11 bits per heavy atom. The number of aromatic carboxylic acids is 1. The zero-order valence-electron chi connectivity index (χ0n) is 10.2. The van der Waals surface area contributed by atoms with Gasteiger partial charge in [-0.25, -0.2) is 9.78 Å². The van der Waals surface area contributed by atoms with Gasteiger partial charge in [-0.1, -0.05) is 18.9 Å². The second-order valence-corrected chi connectivity index (χ2v) is 4.77. The third-order valence-electron chi connectivity index (χ3n) is 2.96. The van der Waals surface area contributed by atoms with Gasteiger partial charge in [0.25, 0.3) is 5.91 Å². The van der Waals surface area contributed by atoms with Crippen molar-refractivity contribution in [2.24, 2.45) is 5.92 Å². The maximum atomic E-state index is 11.9. The van der Waals surface area contributed by atoms with E-state index < -0.39 is 5.97 Å². The van der Waals surface area contributed by atoms with Crippen LogP contribution in [0.2, 0.25) is 0 Å². The van der Waals surface area contributed by atoms with Crippen molar-refractivity contribution in [2.45, 2.75) is 32.2 Å². The summed E-state index contributed by atoms with van der Waals surface area (Å²) in [4.78, 5) is 26.4. The molecule has 0 saturated heterocycles. The second-order valence-electron chi connectivity index (χ2n) is 4.77. The van der Waals surface area contributed by atoms with Crippen LogP contribution in [-0.4, -0.2) is 28.0 Å². The number of amides is 1. The second kappa shape index (κ2) is 5.16. The Morgan fingerprint density at radius 3 is 2.72 bits per heavy atom. The van der Waals surface area contributed by atoms with E-state index in [1.807, 2.05) is 6.92 Å². The van der Waals surface area contributed by atoms with E-state index in [9.17, 15) is 9.59 Å². The molecule has 1 amide bonds. The highest BCUT2D eigenvalue weighted by Gasteiger charge is 2.24. The van der Waals surface area contributed by atoms with Crippen molar-refractivity contribution < 1.29 is 14.7 Å². The fraction of sp³-hybridized carbons (Fsp3) is 0.462. The molecule has 18 heavy (non-hydrogen) atoms. The van der Waals surface area contributed by atoms with Crippen molar-refractivity contribution in [3.8, 4) is 0 Å². The van der Waals surface area contributed by atoms with Crippen molar-refractivity contribution >= 4 is 11.9 Å². The Bertz CT molecular complexity index is 469. The number of carbonyl (C=O) groups excluding carboxylic acids is 1. The molecule has 1 aliphatic carbocycles. The van der Waals surface area contributed by atoms with E-state index in [1.165, 1.54) is 31.0 Å². The Hall–Kier alpha value is -1.91. The molecule has 1 aromatic rings. The maximum absolute atomic E-state index is 11.9. The summed E-state index contributed by atoms with van der Waals surface area (Å²) in [6, 6.07) is 4.51. The van der Waals surface area contributed by atoms with Gasteiger partial charge in [-0.3, -0.25) is 4.79 Å². The monoisotopic (exact) mass is 248 g/mol. The molecule has 96 valence electrons. The molecule has 1 aromatic heterocycles. The zero-order valence-corrected chi connectivity index (χ0v) is 10.2. The largest absolute Gasteiger partial charge is 0.477 e. The summed E-state index contributed by atoms with van der Waals surface area (Å²) in [6.45, 7) is 1.96. The lowest BCUT2D eigenvalue weighted by Crippen LogP contribution is -2.33. The van der Waals surface area contributed by atoms with E-state index in [0.717, 1.165) is 12.3 Å². The number of hydrogen-bond acceptors (Lipinski definition) is 3. The van der Waals surface area contributed by atoms with Gasteiger partial charge in [0, 0.05) is 6.04 Å². The van der Waals surface area contributed by atoms with Crippen LogP contribution < -0.4 is 5.32 Å². The summed E-state index contributed by atoms with van der Waals surface area (Å²) >= 11 is 0. The SMILES string of the molecule is CC(CC1CC1)NC(=O)c1cccc(C(=O)O)n1. The predicted octanol–water partition coefficient (Wildman–Crippen LogP) is 1.70. The van der Waals surface area contributed by atoms with Crippen molar-refractivity contribution in [3.63, 3.8) is 0 Å². The van der Waals surface area contributed by atoms with E-state index in [0.29, 0.717) is 0 Å². The molecule has 2 N–H and O–H groups in total. The molecule has 0 radical (unpaired) electrons. The lowest BCUT2D eigenvalue weighted by molar-refractivity contribution is 0.0690. The van der Waals surface area contributed by atoms with E-state index in [-0.39, 0.29) is 23.3 Å². The summed E-state index contributed by atoms with van der Waals surface area (Å²) < 4.78 is 0. The van der Waals surface area contributed by atoms with Gasteiger partial charge in [0.1, 0.15) is 11.4 Å². The highest BCUT2D eigenvalue weighted by molar-refractivity contribution is 5.94. The van der Waals surface area contributed by atoms with Gasteiger partial charge in [-0.2, -0.15) is 0 Å². The van der Waals surface area contributed by atoms with Crippen molar-refractivity contribution in [1.82, 2.24) is 10.3 Å². The van der Waals surface area contributed by atoms with Crippen molar-refractivity contribution in [1.29, 1.82) is 0 Å². The average Bonchev–Trinajstić information content (AvgIpc) is 3.12. The molecule has 2 rings (SSSR count). The average molecular weight is 248 g/mol. The quantitative estimate of drug-likeness (QED) is 0.831. The minimum Gasteiger partial charge on any atom is -0.477 e. The molecule has 0 bridgehead atoms. The minimum atomic E-state index is -1.13. The molecule has 1 saturated carbocycles. The van der Waals surface area contributed by atoms with E-state index in [4.69, 9.17) is 5.11 Å². The van der Waals surface area contributed by atoms with Crippen LogP contribution in [0.25, 0.3) is 0 Å². The first-order valence-electron chi connectivity index (χ1n) is 6.07. The van der Waals surface area contributed by atoms with Crippen molar-refractivity contribution in [2.75, 3.05) is 0 Å². The predicted molar refractivity (Wildman–Crippen MR) is 65.5 cm³/mol. The lowest BCUT2D eigenvalue weighted by atomic mass is 10.1. The first-order chi connectivity index (χ1) is 8.56. The summed E-state index contributed by atoms with van der Waals surface area (Å²) in [5.41, 5.74) is 0.0371. The van der Waals surface area contributed by atoms with Crippen LogP contribution in [0.4, 0.5) is 0 Å². The minimum absolute atomic E-state index is 0.0975. The van der Waals surface area contributed by atoms with Crippen LogP contribution in [0.5, 0.6) is 0 Å². The van der Waals surface area contributed by atoms with Gasteiger partial charge < -0.3 is 10.4 Å². The molecule has 1 heterocycles. The molecular weight excluding hydrogens is 232 g/mol. The number of rotatable bonds is 5. The molecule has 1 fully saturated rings. The summed E-state index contributed by atoms with van der Waals surface area (Å²) in [6.07, 6.45) is 3.46. The fourth-order valence-electron chi connectivity index (χ4n) is 1.89. The molecule has 5 nitrogen and oxygen atoms in total. The molecule has 1 aliphatic rings. The highest BCUT2D eigenvalue weighted by Crippen LogP contribution is 2.33. The number of pyridine rings is 1. The first-order valence-corrected chi connectivity index (χ1v) is 6.07. The van der Waals surface area contributed by atoms with E-state index in [2.05, 4.69) is 10.3 Å². The van der Waals surface area contributed by atoms with E-state index >= 15 is 0 Å². The van der Waals surface area contributed by atoms with Gasteiger partial charge in [-0.15, -0.1) is 0 Å². The van der Waals surface area contributed by atoms with Gasteiger partial charge in [-0.05, 0) is 31.4 Å². The third kappa shape index (κ3) is 3.29. The van der Waals surface area contributed by atoms with Crippen LogP contribution in [0.15, 0.2) is 18.2 Å². The topological polar surface area (TPSA) is 79.3 Å². The number of nitrogens with zero attached hydrogens (tertiary/aromatic N) is 1. The summed E-state index contributed by atoms with van der Waals surface area (Å²) in [5, 5.41) is 11.6. The molecule has 1 atom stereocenters. The molecular formula is C13H16N2O3. The van der Waals surface area contributed by atoms with Gasteiger partial charge in [0.15, 0.2) is 0 Å². The number of hydrogen-bond donors (Lipinski definition) is 2. The highest BCUT2D eigenvalue weighted by atomic mass is 16.4. The number of carboxylic acid groups (broad SMARTS) is 1. The number of aromatic nitrogens is 1. The maximum Gasteiger partial charge on any atom is 0.354 e. The van der Waals surface area contributed by atoms with Crippen LogP contribution in [0.3, 0.4) is 0 Å². The Morgan fingerprint density at radius 1 is 1.44 bits per heavy atom. The Kier molecular flexibility index (Phi) is 3.60. The van der Waals surface area contributed by atoms with Crippen molar-refractivity contribution in [3.05, 3.63) is 29.6 Å². The fourth-order valence-corrected chi connectivity index (χ4v) is 1.89. The number of nitrogens with one attached hydrogen (secondary N) is 1. The summed E-state index contributed by atoms with van der Waals surface area (Å²) in [5.74, 6) is -0.708. The van der Waals surface area contributed by atoms with Crippen LogP contribution in [-0.2, 0) is 0 Å². The van der Waals surface area contributed by atoms with Crippen LogP contribution in [0.1, 0.15) is 47.2 Å². The lowest BCUT2D eigenvalue weighted by Gasteiger charge is -2.12. The molecule has 0 spiro atoms. The molecule has 0 aliphatic heterocycles. The molecule has 1 unspecified atom stereocenters. The van der Waals surface area contributed by atoms with Gasteiger partial charge >= 0.3 is 5.97 Å². The molecule has 0 aromatic carbocycles. The van der Waals surface area contributed by atoms with Gasteiger partial charge in [0.2, 0.25) is 0 Å². The smallest absolute Gasteiger partial charge is 0.354 e. The standard InChI is InChI=1S/C13H16N2O3/c1-8(7-9-5-6-9)14-12(16)10-3-2-4-11(15-10)13(17)18/h2-4,8-9H,5-7H2,1H3,(H,14,16)(H,17,18). The van der Waals surface area contributed by atoms with E-state index in [1.54, 1.807) is 0 Å². The first kappa shape index (κ1) is 12.5. The summed E-state index contributed by atoms with van der Waals surface area (Å²) in [7, 11) is 0.